The molecule has 19 heavy (non-hydrogen) atoms. The molecule has 2 aromatic carbocycles. The first-order valence-electron chi connectivity index (χ1n) is 5.88. The molecule has 0 bridgehead atoms. The van der Waals surface area contributed by atoms with Crippen molar-refractivity contribution in [3.05, 3.63) is 53.8 Å². The molecule has 3 nitrogen and oxygen atoms in total. The SMILES string of the molecule is CCOc1ccc(-c2ccc(F)cc2)c(C(=O)O)c1. The van der Waals surface area contributed by atoms with Gasteiger partial charge in [0.2, 0.25) is 0 Å². The summed E-state index contributed by atoms with van der Waals surface area (Å²) in [6.07, 6.45) is 0. The zero-order valence-electron chi connectivity index (χ0n) is 10.4. The van der Waals surface area contributed by atoms with E-state index in [2.05, 4.69) is 0 Å². The summed E-state index contributed by atoms with van der Waals surface area (Å²) < 4.78 is 18.2. The van der Waals surface area contributed by atoms with E-state index in [1.54, 1.807) is 24.3 Å². The molecule has 0 aromatic heterocycles. The maximum atomic E-state index is 12.9. The Kier molecular flexibility index (Phi) is 3.80. The number of hydrogen-bond donors (Lipinski definition) is 1. The highest BCUT2D eigenvalue weighted by atomic mass is 19.1. The predicted octanol–water partition coefficient (Wildman–Crippen LogP) is 3.59. The minimum absolute atomic E-state index is 0.137. The van der Waals surface area contributed by atoms with Crippen LogP contribution in [0.5, 0.6) is 5.75 Å². The topological polar surface area (TPSA) is 46.5 Å². The first-order chi connectivity index (χ1) is 9.11. The van der Waals surface area contributed by atoms with Crippen molar-refractivity contribution in [3.63, 3.8) is 0 Å². The molecule has 98 valence electrons. The Morgan fingerprint density at radius 3 is 2.47 bits per heavy atom. The molecule has 0 unspecified atom stereocenters. The molecule has 0 saturated heterocycles. The molecule has 2 rings (SSSR count). The second kappa shape index (κ2) is 5.52. The van der Waals surface area contributed by atoms with Gasteiger partial charge in [0.1, 0.15) is 11.6 Å². The van der Waals surface area contributed by atoms with E-state index in [-0.39, 0.29) is 11.4 Å². The van der Waals surface area contributed by atoms with Gasteiger partial charge in [0.15, 0.2) is 0 Å². The van der Waals surface area contributed by atoms with Gasteiger partial charge in [-0.2, -0.15) is 0 Å². The Morgan fingerprint density at radius 1 is 1.21 bits per heavy atom. The van der Waals surface area contributed by atoms with Gasteiger partial charge in [0, 0.05) is 0 Å². The standard InChI is InChI=1S/C15H13FO3/c1-2-19-12-7-8-13(14(9-12)15(17)18)10-3-5-11(16)6-4-10/h3-9H,2H2,1H3,(H,17,18). The van der Waals surface area contributed by atoms with Gasteiger partial charge < -0.3 is 9.84 Å². The van der Waals surface area contributed by atoms with Crippen LogP contribution in [0, 0.1) is 5.82 Å². The normalized spacial score (nSPS) is 10.2. The molecule has 0 aliphatic rings. The summed E-state index contributed by atoms with van der Waals surface area (Å²) in [4.78, 5) is 11.3. The van der Waals surface area contributed by atoms with Crippen LogP contribution in [0.4, 0.5) is 4.39 Å². The summed E-state index contributed by atoms with van der Waals surface area (Å²) in [5, 5.41) is 9.24. The monoisotopic (exact) mass is 260 g/mol. The average Bonchev–Trinajstić information content (AvgIpc) is 2.40. The molecule has 0 amide bonds. The molecule has 0 aliphatic heterocycles. The van der Waals surface area contributed by atoms with Crippen molar-refractivity contribution in [2.45, 2.75) is 6.92 Å². The molecule has 0 spiro atoms. The van der Waals surface area contributed by atoms with Crippen molar-refractivity contribution in [1.29, 1.82) is 0 Å². The minimum atomic E-state index is -1.04. The largest absolute Gasteiger partial charge is 0.494 e. The Balaban J connectivity index is 2.50. The highest BCUT2D eigenvalue weighted by Gasteiger charge is 2.13. The maximum absolute atomic E-state index is 12.9. The second-order valence-electron chi connectivity index (χ2n) is 3.95. The van der Waals surface area contributed by atoms with Crippen molar-refractivity contribution in [1.82, 2.24) is 0 Å². The highest BCUT2D eigenvalue weighted by Crippen LogP contribution is 2.27. The number of carboxylic acid groups (broad SMARTS) is 1. The van der Waals surface area contributed by atoms with Crippen LogP contribution in [0.2, 0.25) is 0 Å². The van der Waals surface area contributed by atoms with Gasteiger partial charge in [0.25, 0.3) is 0 Å². The molecule has 0 heterocycles. The van der Waals surface area contributed by atoms with E-state index >= 15 is 0 Å². The number of hydrogen-bond acceptors (Lipinski definition) is 2. The van der Waals surface area contributed by atoms with E-state index in [1.807, 2.05) is 6.92 Å². The summed E-state index contributed by atoms with van der Waals surface area (Å²) in [7, 11) is 0. The predicted molar refractivity (Wildman–Crippen MR) is 70.0 cm³/mol. The number of aromatic carboxylic acids is 1. The van der Waals surface area contributed by atoms with Crippen LogP contribution in [0.25, 0.3) is 11.1 Å². The van der Waals surface area contributed by atoms with Crippen molar-refractivity contribution in [3.8, 4) is 16.9 Å². The Hall–Kier alpha value is -2.36. The zero-order valence-corrected chi connectivity index (χ0v) is 10.4. The Bertz CT molecular complexity index is 591. The van der Waals surface area contributed by atoms with Crippen LogP contribution in [0.3, 0.4) is 0 Å². The molecule has 0 fully saturated rings. The quantitative estimate of drug-likeness (QED) is 0.913. The summed E-state index contributed by atoms with van der Waals surface area (Å²) in [6, 6.07) is 10.6. The van der Waals surface area contributed by atoms with Crippen LogP contribution in [-0.2, 0) is 0 Å². The fraction of sp³-hybridized carbons (Fsp3) is 0.133. The van der Waals surface area contributed by atoms with Crippen molar-refractivity contribution in [2.24, 2.45) is 0 Å². The zero-order chi connectivity index (χ0) is 13.8. The first kappa shape index (κ1) is 13.1. The molecule has 0 saturated carbocycles. The number of carboxylic acids is 1. The fourth-order valence-corrected chi connectivity index (χ4v) is 1.84. The average molecular weight is 260 g/mol. The van der Waals surface area contributed by atoms with Crippen LogP contribution in [-0.4, -0.2) is 17.7 Å². The van der Waals surface area contributed by atoms with E-state index in [1.165, 1.54) is 18.2 Å². The van der Waals surface area contributed by atoms with E-state index < -0.39 is 5.97 Å². The number of rotatable bonds is 4. The Morgan fingerprint density at radius 2 is 1.89 bits per heavy atom. The Labute approximate surface area is 110 Å². The third-order valence-corrected chi connectivity index (χ3v) is 2.69. The first-order valence-corrected chi connectivity index (χ1v) is 5.88. The molecular formula is C15H13FO3. The van der Waals surface area contributed by atoms with Crippen LogP contribution in [0.1, 0.15) is 17.3 Å². The molecule has 1 N–H and O–H groups in total. The highest BCUT2D eigenvalue weighted by molar-refractivity contribution is 5.96. The molecule has 0 atom stereocenters. The summed E-state index contributed by atoms with van der Waals surface area (Å²) in [5.74, 6) is -0.891. The van der Waals surface area contributed by atoms with Gasteiger partial charge in [-0.05, 0) is 48.4 Å². The van der Waals surface area contributed by atoms with E-state index in [0.717, 1.165) is 0 Å². The van der Waals surface area contributed by atoms with Gasteiger partial charge in [0.05, 0.1) is 12.2 Å². The van der Waals surface area contributed by atoms with Gasteiger partial charge >= 0.3 is 5.97 Å². The van der Waals surface area contributed by atoms with Crippen LogP contribution in [0.15, 0.2) is 42.5 Å². The number of halogens is 1. The maximum Gasteiger partial charge on any atom is 0.336 e. The lowest BCUT2D eigenvalue weighted by molar-refractivity contribution is 0.0697. The van der Waals surface area contributed by atoms with Crippen LogP contribution >= 0.6 is 0 Å². The second-order valence-corrected chi connectivity index (χ2v) is 3.95. The molecule has 0 aliphatic carbocycles. The van der Waals surface area contributed by atoms with E-state index in [0.29, 0.717) is 23.5 Å². The van der Waals surface area contributed by atoms with Crippen LogP contribution < -0.4 is 4.74 Å². The number of carbonyl (C=O) groups is 1. The van der Waals surface area contributed by atoms with Gasteiger partial charge in [-0.3, -0.25) is 0 Å². The van der Waals surface area contributed by atoms with Gasteiger partial charge in [-0.15, -0.1) is 0 Å². The fourth-order valence-electron chi connectivity index (χ4n) is 1.84. The lowest BCUT2D eigenvalue weighted by Gasteiger charge is -2.09. The van der Waals surface area contributed by atoms with Gasteiger partial charge in [-0.25, -0.2) is 9.18 Å². The smallest absolute Gasteiger partial charge is 0.336 e. The van der Waals surface area contributed by atoms with Gasteiger partial charge in [-0.1, -0.05) is 12.1 Å². The van der Waals surface area contributed by atoms with Crippen molar-refractivity contribution in [2.75, 3.05) is 6.61 Å². The molecular weight excluding hydrogens is 247 g/mol. The summed E-state index contributed by atoms with van der Waals surface area (Å²) >= 11 is 0. The van der Waals surface area contributed by atoms with E-state index in [9.17, 15) is 14.3 Å². The minimum Gasteiger partial charge on any atom is -0.494 e. The summed E-state index contributed by atoms with van der Waals surface area (Å²) in [6.45, 7) is 2.29. The summed E-state index contributed by atoms with van der Waals surface area (Å²) in [5.41, 5.74) is 1.33. The molecule has 2 aromatic rings. The van der Waals surface area contributed by atoms with Crippen molar-refractivity contribution < 1.29 is 19.0 Å². The lowest BCUT2D eigenvalue weighted by Crippen LogP contribution is -2.01. The number of benzene rings is 2. The molecule has 4 heteroatoms. The third-order valence-electron chi connectivity index (χ3n) is 2.69. The van der Waals surface area contributed by atoms with E-state index in [4.69, 9.17) is 4.74 Å². The van der Waals surface area contributed by atoms with Crippen molar-refractivity contribution >= 4 is 5.97 Å². The number of ether oxygens (including phenoxy) is 1. The third kappa shape index (κ3) is 2.91. The lowest BCUT2D eigenvalue weighted by atomic mass is 9.99. The molecule has 0 radical (unpaired) electrons.